The van der Waals surface area contributed by atoms with E-state index in [4.69, 9.17) is 0 Å². The van der Waals surface area contributed by atoms with Crippen LogP contribution in [0.2, 0.25) is 19.6 Å². The zero-order valence-electron chi connectivity index (χ0n) is 12.6. The molecule has 20 heavy (non-hydrogen) atoms. The molecule has 0 aliphatic heterocycles. The molecule has 0 bridgehead atoms. The number of aliphatic imine (C=N–C) groups is 1. The minimum absolute atomic E-state index is 1.01. The van der Waals surface area contributed by atoms with Gasteiger partial charge in [-0.15, -0.1) is 0 Å². The van der Waals surface area contributed by atoms with Crippen molar-refractivity contribution in [3.8, 4) is 0 Å². The first kappa shape index (κ1) is 15.1. The predicted molar refractivity (Wildman–Crippen MR) is 94.1 cm³/mol. The average Bonchev–Trinajstić information content (AvgIpc) is 2.36. The van der Waals surface area contributed by atoms with Crippen molar-refractivity contribution in [2.24, 2.45) is 4.99 Å². The summed E-state index contributed by atoms with van der Waals surface area (Å²) in [6.07, 6.45) is 1.93. The summed E-state index contributed by atoms with van der Waals surface area (Å²) in [4.78, 5) is 5.88. The van der Waals surface area contributed by atoms with E-state index in [2.05, 4.69) is 68.0 Å². The third-order valence-corrected chi connectivity index (χ3v) is 6.33. The largest absolute Gasteiger partial charge is 0.256 e. The number of benzene rings is 2. The van der Waals surface area contributed by atoms with Crippen LogP contribution in [0.3, 0.4) is 0 Å². The van der Waals surface area contributed by atoms with E-state index in [9.17, 15) is 0 Å². The molecule has 1 nitrogen and oxygen atoms in total. The first-order valence-corrected chi connectivity index (χ1v) is 11.9. The zero-order valence-corrected chi connectivity index (χ0v) is 14.4. The van der Waals surface area contributed by atoms with E-state index in [0.717, 1.165) is 11.3 Å². The molecular weight excluding hydrogens is 278 g/mol. The Hall–Kier alpha value is -1.32. The van der Waals surface area contributed by atoms with Crippen molar-refractivity contribution in [3.63, 3.8) is 0 Å². The molecule has 0 spiro atoms. The molecule has 0 aliphatic rings. The molecule has 0 fully saturated rings. The lowest BCUT2D eigenvalue weighted by Crippen LogP contribution is -2.13. The molecule has 3 heteroatoms. The fourth-order valence-corrected chi connectivity index (χ4v) is 5.34. The molecule has 2 aromatic rings. The Morgan fingerprint density at radius 3 is 2.30 bits per heavy atom. The van der Waals surface area contributed by atoms with E-state index >= 15 is 0 Å². The van der Waals surface area contributed by atoms with E-state index in [0.29, 0.717) is 0 Å². The Balaban J connectivity index is 2.07. The highest BCUT2D eigenvalue weighted by Gasteiger charge is 2.14. The quantitative estimate of drug-likeness (QED) is 0.523. The Bertz CT molecular complexity index is 597. The van der Waals surface area contributed by atoms with E-state index in [-0.39, 0.29) is 0 Å². The number of hydrogen-bond donors (Lipinski definition) is 0. The van der Waals surface area contributed by atoms with E-state index < -0.39 is 7.22 Å². The van der Waals surface area contributed by atoms with Gasteiger partial charge in [-0.3, -0.25) is 4.99 Å². The lowest BCUT2D eigenvalue weighted by molar-refractivity contribution is 1.42. The van der Waals surface area contributed by atoms with Crippen LogP contribution in [0.5, 0.6) is 0 Å². The molecule has 104 valence electrons. The van der Waals surface area contributed by atoms with Gasteiger partial charge in [0.05, 0.1) is 5.69 Å². The Labute approximate surface area is 126 Å². The summed E-state index contributed by atoms with van der Waals surface area (Å²) in [5.41, 5.74) is 3.39. The van der Waals surface area contributed by atoms with Crippen LogP contribution in [0.15, 0.2) is 58.4 Å². The average molecular weight is 300 g/mol. The van der Waals surface area contributed by atoms with Gasteiger partial charge in [0.2, 0.25) is 0 Å². The Kier molecular flexibility index (Phi) is 4.84. The molecule has 0 radical (unpaired) electrons. The van der Waals surface area contributed by atoms with Gasteiger partial charge < -0.3 is 0 Å². The van der Waals surface area contributed by atoms with Crippen LogP contribution in [0, 0.1) is 6.92 Å². The highest BCUT2D eigenvalue weighted by atomic mass is 32.4. The fourth-order valence-electron chi connectivity index (χ4n) is 1.83. The SMILES string of the molecule is Cc1cccc(/N=C/c2ccc(S[Si](C)(C)C)cc2)c1. The maximum atomic E-state index is 4.52. The van der Waals surface area contributed by atoms with Gasteiger partial charge in [-0.25, -0.2) is 0 Å². The predicted octanol–water partition coefficient (Wildman–Crippen LogP) is 5.67. The van der Waals surface area contributed by atoms with Crippen molar-refractivity contribution in [2.75, 3.05) is 0 Å². The zero-order chi connectivity index (χ0) is 14.6. The van der Waals surface area contributed by atoms with E-state index in [1.54, 1.807) is 0 Å². The number of hydrogen-bond acceptors (Lipinski definition) is 2. The molecule has 0 heterocycles. The van der Waals surface area contributed by atoms with Gasteiger partial charge in [0.25, 0.3) is 0 Å². The maximum Gasteiger partial charge on any atom is 0.114 e. The van der Waals surface area contributed by atoms with Crippen LogP contribution in [0.1, 0.15) is 11.1 Å². The van der Waals surface area contributed by atoms with Crippen molar-refractivity contribution in [1.29, 1.82) is 0 Å². The summed E-state index contributed by atoms with van der Waals surface area (Å²) in [5, 5.41) is 0. The van der Waals surface area contributed by atoms with Crippen LogP contribution < -0.4 is 0 Å². The van der Waals surface area contributed by atoms with Crippen molar-refractivity contribution >= 4 is 30.3 Å². The van der Waals surface area contributed by atoms with Crippen molar-refractivity contribution in [3.05, 3.63) is 59.7 Å². The number of rotatable bonds is 4. The molecule has 0 atom stereocenters. The van der Waals surface area contributed by atoms with Gasteiger partial charge in [0, 0.05) is 11.1 Å². The Morgan fingerprint density at radius 1 is 1.00 bits per heavy atom. The molecule has 0 saturated carbocycles. The van der Waals surface area contributed by atoms with Crippen molar-refractivity contribution in [2.45, 2.75) is 31.5 Å². The standard InChI is InChI=1S/C17H21NSSi/c1-14-6-5-7-16(12-14)18-13-15-8-10-17(11-9-15)19-20(2,3)4/h5-13H,1-4H3/b18-13+. The van der Waals surface area contributed by atoms with Crippen LogP contribution in [0.25, 0.3) is 0 Å². The van der Waals surface area contributed by atoms with Crippen molar-refractivity contribution in [1.82, 2.24) is 0 Å². The number of nitrogens with zero attached hydrogens (tertiary/aromatic N) is 1. The van der Waals surface area contributed by atoms with E-state index in [1.807, 2.05) is 29.6 Å². The van der Waals surface area contributed by atoms with Gasteiger partial charge in [0.15, 0.2) is 0 Å². The molecule has 0 N–H and O–H groups in total. The third-order valence-electron chi connectivity index (χ3n) is 2.67. The summed E-state index contributed by atoms with van der Waals surface area (Å²) < 4.78 is 0. The van der Waals surface area contributed by atoms with Gasteiger partial charge in [0.1, 0.15) is 7.22 Å². The maximum absolute atomic E-state index is 4.52. The van der Waals surface area contributed by atoms with Crippen LogP contribution in [-0.2, 0) is 0 Å². The van der Waals surface area contributed by atoms with E-state index in [1.165, 1.54) is 10.5 Å². The molecule has 0 aromatic heterocycles. The van der Waals surface area contributed by atoms with Crippen molar-refractivity contribution < 1.29 is 0 Å². The first-order chi connectivity index (χ1) is 9.42. The summed E-state index contributed by atoms with van der Waals surface area (Å²) in [6.45, 7) is 9.18. The van der Waals surface area contributed by atoms with Gasteiger partial charge in [-0.2, -0.15) is 11.2 Å². The van der Waals surface area contributed by atoms with Gasteiger partial charge in [-0.05, 0) is 42.3 Å². The minimum Gasteiger partial charge on any atom is -0.256 e. The lowest BCUT2D eigenvalue weighted by Gasteiger charge is -2.14. The molecule has 2 aromatic carbocycles. The van der Waals surface area contributed by atoms with Crippen LogP contribution in [-0.4, -0.2) is 13.4 Å². The topological polar surface area (TPSA) is 12.4 Å². The summed E-state index contributed by atoms with van der Waals surface area (Å²) in [6, 6.07) is 16.9. The van der Waals surface area contributed by atoms with Crippen LogP contribution >= 0.6 is 11.2 Å². The highest BCUT2D eigenvalue weighted by Crippen LogP contribution is 2.28. The summed E-state index contributed by atoms with van der Waals surface area (Å²) in [7, 11) is -1.11. The number of aryl methyl sites for hydroxylation is 1. The first-order valence-electron chi connectivity index (χ1n) is 6.82. The Morgan fingerprint density at radius 2 is 1.70 bits per heavy atom. The second kappa shape index (κ2) is 6.42. The normalized spacial score (nSPS) is 12.0. The van der Waals surface area contributed by atoms with Crippen LogP contribution in [0.4, 0.5) is 5.69 Å². The second-order valence-corrected chi connectivity index (χ2v) is 15.1. The molecular formula is C17H21NSSi. The molecule has 2 rings (SSSR count). The molecule has 0 unspecified atom stereocenters. The van der Waals surface area contributed by atoms with Gasteiger partial charge >= 0.3 is 0 Å². The highest BCUT2D eigenvalue weighted by molar-refractivity contribution is 8.28. The molecule has 0 aliphatic carbocycles. The van der Waals surface area contributed by atoms with Gasteiger partial charge in [-0.1, -0.05) is 43.9 Å². The summed E-state index contributed by atoms with van der Waals surface area (Å²) in [5.74, 6) is 0. The molecule has 0 saturated heterocycles. The lowest BCUT2D eigenvalue weighted by atomic mass is 10.2. The molecule has 0 amide bonds. The summed E-state index contributed by atoms with van der Waals surface area (Å²) >= 11 is 2.02. The smallest absolute Gasteiger partial charge is 0.114 e. The monoisotopic (exact) mass is 299 g/mol. The third kappa shape index (κ3) is 4.98. The fraction of sp³-hybridized carbons (Fsp3) is 0.235. The minimum atomic E-state index is -1.11. The second-order valence-electron chi connectivity index (χ2n) is 5.88.